The molecule has 0 aliphatic carbocycles. The van der Waals surface area contributed by atoms with Crippen molar-refractivity contribution in [3.05, 3.63) is 29.8 Å². The Morgan fingerprint density at radius 1 is 1.33 bits per heavy atom. The van der Waals surface area contributed by atoms with E-state index in [0.717, 1.165) is 11.3 Å². The van der Waals surface area contributed by atoms with Gasteiger partial charge in [-0.15, -0.1) is 0 Å². The number of hydrogen-bond acceptors (Lipinski definition) is 3. The van der Waals surface area contributed by atoms with Gasteiger partial charge in [-0.25, -0.2) is 0 Å². The molecule has 1 aliphatic heterocycles. The van der Waals surface area contributed by atoms with Gasteiger partial charge in [0.25, 0.3) is 0 Å². The van der Waals surface area contributed by atoms with E-state index in [1.54, 1.807) is 7.11 Å². The molecule has 1 aromatic rings. The van der Waals surface area contributed by atoms with Gasteiger partial charge in [-0.05, 0) is 17.7 Å². The number of ether oxygens (including phenoxy) is 1. The summed E-state index contributed by atoms with van der Waals surface area (Å²) in [7, 11) is 1.65. The Balaban J connectivity index is 2.06. The summed E-state index contributed by atoms with van der Waals surface area (Å²) in [6.45, 7) is 1.03. The van der Waals surface area contributed by atoms with Crippen LogP contribution in [0, 0.1) is 0 Å². The predicted octanol–water partition coefficient (Wildman–Crippen LogP) is 0.456. The molecule has 2 rings (SSSR count). The molecule has 0 saturated carbocycles. The van der Waals surface area contributed by atoms with Crippen molar-refractivity contribution in [1.29, 1.82) is 0 Å². The number of benzene rings is 1. The van der Waals surface area contributed by atoms with Crippen LogP contribution in [0.15, 0.2) is 24.3 Å². The fourth-order valence-electron chi connectivity index (χ4n) is 1.64. The Morgan fingerprint density at radius 2 is 2.07 bits per heavy atom. The molecule has 4 heteroatoms. The largest absolute Gasteiger partial charge is 0.497 e. The van der Waals surface area contributed by atoms with Gasteiger partial charge < -0.3 is 10.1 Å². The first-order chi connectivity index (χ1) is 7.29. The Kier molecular flexibility index (Phi) is 2.87. The Hall–Kier alpha value is -1.55. The van der Waals surface area contributed by atoms with Crippen molar-refractivity contribution < 1.29 is 9.53 Å². The van der Waals surface area contributed by atoms with E-state index < -0.39 is 0 Å². The van der Waals surface area contributed by atoms with Crippen molar-refractivity contribution in [3.63, 3.8) is 0 Å². The van der Waals surface area contributed by atoms with Gasteiger partial charge in [0.15, 0.2) is 0 Å². The van der Waals surface area contributed by atoms with Crippen LogP contribution in [0.25, 0.3) is 0 Å². The number of carbonyl (C=O) groups excluding carboxylic acids is 1. The number of carbonyl (C=O) groups is 1. The second-order valence-electron chi connectivity index (χ2n) is 3.51. The number of hydrogen-bond donors (Lipinski definition) is 2. The molecule has 0 aromatic heterocycles. The van der Waals surface area contributed by atoms with E-state index in [2.05, 4.69) is 10.6 Å². The van der Waals surface area contributed by atoms with Crippen molar-refractivity contribution in [2.75, 3.05) is 20.2 Å². The molecule has 1 aliphatic rings. The lowest BCUT2D eigenvalue weighted by Crippen LogP contribution is -2.46. The zero-order valence-electron chi connectivity index (χ0n) is 8.62. The predicted molar refractivity (Wildman–Crippen MR) is 56.7 cm³/mol. The number of methoxy groups -OCH3 is 1. The van der Waals surface area contributed by atoms with E-state index in [0.29, 0.717) is 13.1 Å². The van der Waals surface area contributed by atoms with Gasteiger partial charge in [-0.2, -0.15) is 0 Å². The lowest BCUT2D eigenvalue weighted by atomic mass is 10.1. The Bertz CT molecular complexity index is 338. The van der Waals surface area contributed by atoms with Gasteiger partial charge in [0.1, 0.15) is 5.75 Å². The van der Waals surface area contributed by atoms with Crippen molar-refractivity contribution in [1.82, 2.24) is 10.6 Å². The minimum absolute atomic E-state index is 0.0553. The van der Waals surface area contributed by atoms with Crippen LogP contribution in [0.2, 0.25) is 0 Å². The molecule has 15 heavy (non-hydrogen) atoms. The van der Waals surface area contributed by atoms with Crippen molar-refractivity contribution in [2.45, 2.75) is 6.04 Å². The summed E-state index contributed by atoms with van der Waals surface area (Å²) < 4.78 is 5.08. The third-order valence-corrected chi connectivity index (χ3v) is 2.53. The summed E-state index contributed by atoms with van der Waals surface area (Å²) in [4.78, 5) is 10.9. The van der Waals surface area contributed by atoms with Crippen LogP contribution in [0.4, 0.5) is 0 Å². The number of nitrogens with one attached hydrogen (secondary N) is 2. The number of piperazine rings is 1. The van der Waals surface area contributed by atoms with Crippen LogP contribution in [0.5, 0.6) is 5.75 Å². The molecule has 0 spiro atoms. The Morgan fingerprint density at radius 3 is 2.60 bits per heavy atom. The number of amides is 1. The fourth-order valence-corrected chi connectivity index (χ4v) is 1.64. The highest BCUT2D eigenvalue weighted by Crippen LogP contribution is 2.17. The molecule has 1 aromatic carbocycles. The van der Waals surface area contributed by atoms with E-state index in [4.69, 9.17) is 4.74 Å². The highest BCUT2D eigenvalue weighted by molar-refractivity contribution is 5.78. The summed E-state index contributed by atoms with van der Waals surface area (Å²) in [6, 6.07) is 8.07. The maximum Gasteiger partial charge on any atom is 0.234 e. The molecule has 2 N–H and O–H groups in total. The summed E-state index contributed by atoms with van der Waals surface area (Å²) in [5.74, 6) is 0.901. The normalized spacial score (nSPS) is 20.9. The maximum absolute atomic E-state index is 10.9. The van der Waals surface area contributed by atoms with Gasteiger partial charge in [-0.1, -0.05) is 12.1 Å². The van der Waals surface area contributed by atoms with Gasteiger partial charge in [0.05, 0.1) is 19.7 Å². The third kappa shape index (κ3) is 2.27. The SMILES string of the molecule is COc1ccc([C@H]2CNC(=O)CN2)cc1. The summed E-state index contributed by atoms with van der Waals surface area (Å²) >= 11 is 0. The first-order valence-corrected chi connectivity index (χ1v) is 4.93. The van der Waals surface area contributed by atoms with Crippen LogP contribution in [0.1, 0.15) is 11.6 Å². The van der Waals surface area contributed by atoms with Gasteiger partial charge in [0, 0.05) is 6.54 Å². The molecule has 1 atom stereocenters. The molecule has 0 radical (unpaired) electrons. The van der Waals surface area contributed by atoms with Crippen LogP contribution < -0.4 is 15.4 Å². The molecule has 4 nitrogen and oxygen atoms in total. The average Bonchev–Trinajstić information content (AvgIpc) is 2.30. The molecule has 80 valence electrons. The minimum atomic E-state index is 0.0553. The second kappa shape index (κ2) is 4.31. The summed E-state index contributed by atoms with van der Waals surface area (Å²) in [6.07, 6.45) is 0. The molecular weight excluding hydrogens is 192 g/mol. The van der Waals surface area contributed by atoms with Crippen molar-refractivity contribution in [3.8, 4) is 5.75 Å². The van der Waals surface area contributed by atoms with E-state index in [-0.39, 0.29) is 11.9 Å². The molecule has 0 bridgehead atoms. The van der Waals surface area contributed by atoms with Crippen LogP contribution >= 0.6 is 0 Å². The van der Waals surface area contributed by atoms with Crippen LogP contribution in [0.3, 0.4) is 0 Å². The quantitative estimate of drug-likeness (QED) is 0.739. The molecule has 1 fully saturated rings. The zero-order valence-corrected chi connectivity index (χ0v) is 8.62. The zero-order chi connectivity index (χ0) is 10.7. The molecule has 1 amide bonds. The van der Waals surface area contributed by atoms with Crippen LogP contribution in [-0.2, 0) is 4.79 Å². The minimum Gasteiger partial charge on any atom is -0.497 e. The van der Waals surface area contributed by atoms with Crippen LogP contribution in [-0.4, -0.2) is 26.1 Å². The fraction of sp³-hybridized carbons (Fsp3) is 0.364. The Labute approximate surface area is 88.6 Å². The molecule has 1 saturated heterocycles. The first kappa shape index (κ1) is 9.98. The van der Waals surface area contributed by atoms with E-state index in [1.165, 1.54) is 0 Å². The topological polar surface area (TPSA) is 50.4 Å². The van der Waals surface area contributed by atoms with Gasteiger partial charge in [-0.3, -0.25) is 10.1 Å². The van der Waals surface area contributed by atoms with E-state index in [1.807, 2.05) is 24.3 Å². The average molecular weight is 206 g/mol. The lowest BCUT2D eigenvalue weighted by Gasteiger charge is -2.24. The summed E-state index contributed by atoms with van der Waals surface area (Å²) in [5, 5.41) is 6.00. The molecule has 0 unspecified atom stereocenters. The second-order valence-corrected chi connectivity index (χ2v) is 3.51. The first-order valence-electron chi connectivity index (χ1n) is 4.93. The highest BCUT2D eigenvalue weighted by atomic mass is 16.5. The third-order valence-electron chi connectivity index (χ3n) is 2.53. The van der Waals surface area contributed by atoms with E-state index >= 15 is 0 Å². The molecule has 1 heterocycles. The van der Waals surface area contributed by atoms with Gasteiger partial charge >= 0.3 is 0 Å². The smallest absolute Gasteiger partial charge is 0.234 e. The maximum atomic E-state index is 10.9. The van der Waals surface area contributed by atoms with Gasteiger partial charge in [0.2, 0.25) is 5.91 Å². The summed E-state index contributed by atoms with van der Waals surface area (Å²) in [5.41, 5.74) is 1.16. The van der Waals surface area contributed by atoms with Crippen molar-refractivity contribution in [2.24, 2.45) is 0 Å². The number of rotatable bonds is 2. The van der Waals surface area contributed by atoms with Crippen molar-refractivity contribution >= 4 is 5.91 Å². The standard InChI is InChI=1S/C11H14N2O2/c1-15-9-4-2-8(3-5-9)10-6-13-11(14)7-12-10/h2-5,10,12H,6-7H2,1H3,(H,13,14)/t10-/m1/s1. The lowest BCUT2D eigenvalue weighted by molar-refractivity contribution is -0.121. The van der Waals surface area contributed by atoms with E-state index in [9.17, 15) is 4.79 Å². The monoisotopic (exact) mass is 206 g/mol. The molecular formula is C11H14N2O2. The highest BCUT2D eigenvalue weighted by Gasteiger charge is 2.18.